The van der Waals surface area contributed by atoms with Crippen LogP contribution in [-0.2, 0) is 6.42 Å². The van der Waals surface area contributed by atoms with Crippen molar-refractivity contribution in [3.63, 3.8) is 0 Å². The number of nitrogens with two attached hydrogens (primary N) is 1. The van der Waals surface area contributed by atoms with Crippen LogP contribution < -0.4 is 5.73 Å². The summed E-state index contributed by atoms with van der Waals surface area (Å²) in [7, 11) is 0. The largest absolute Gasteiger partial charge is 0.329 e. The van der Waals surface area contributed by atoms with Gasteiger partial charge in [0.2, 0.25) is 0 Å². The smallest absolute Gasteiger partial charge is 0.123 e. The van der Waals surface area contributed by atoms with Gasteiger partial charge in [0.05, 0.1) is 0 Å². The van der Waals surface area contributed by atoms with Crippen molar-refractivity contribution in [3.8, 4) is 0 Å². The molecule has 2 unspecified atom stereocenters. The van der Waals surface area contributed by atoms with Gasteiger partial charge in [0.1, 0.15) is 5.82 Å². The molecule has 1 saturated heterocycles. The highest BCUT2D eigenvalue weighted by Crippen LogP contribution is 2.30. The van der Waals surface area contributed by atoms with E-state index in [1.165, 1.54) is 31.2 Å². The summed E-state index contributed by atoms with van der Waals surface area (Å²) in [5.41, 5.74) is 7.25. The van der Waals surface area contributed by atoms with Crippen molar-refractivity contribution in [2.24, 2.45) is 5.73 Å². The van der Waals surface area contributed by atoms with Crippen LogP contribution in [-0.4, -0.2) is 29.6 Å². The average molecular weight is 278 g/mol. The minimum atomic E-state index is -0.174. The second kappa shape index (κ2) is 6.68. The Morgan fingerprint density at radius 3 is 2.60 bits per heavy atom. The maximum Gasteiger partial charge on any atom is 0.123 e. The maximum atomic E-state index is 13.0. The summed E-state index contributed by atoms with van der Waals surface area (Å²) in [6.07, 6.45) is 5.93. The lowest BCUT2D eigenvalue weighted by atomic mass is 9.86. The fourth-order valence-electron chi connectivity index (χ4n) is 3.47. The molecule has 1 fully saturated rings. The highest BCUT2D eigenvalue weighted by molar-refractivity contribution is 5.19. The van der Waals surface area contributed by atoms with Gasteiger partial charge < -0.3 is 5.73 Å². The Hall–Kier alpha value is -0.930. The molecule has 2 rings (SSSR count). The van der Waals surface area contributed by atoms with Gasteiger partial charge in [-0.3, -0.25) is 4.90 Å². The van der Waals surface area contributed by atoms with Gasteiger partial charge in [0, 0.05) is 18.1 Å². The highest BCUT2D eigenvalue weighted by atomic mass is 19.1. The minimum absolute atomic E-state index is 0.0288. The number of halogens is 1. The van der Waals surface area contributed by atoms with E-state index in [0.29, 0.717) is 12.6 Å². The molecule has 1 aliphatic heterocycles. The van der Waals surface area contributed by atoms with E-state index >= 15 is 0 Å². The predicted molar refractivity (Wildman–Crippen MR) is 82.2 cm³/mol. The van der Waals surface area contributed by atoms with Crippen LogP contribution in [0.25, 0.3) is 0 Å². The molecule has 1 aromatic carbocycles. The number of rotatable bonds is 5. The molecule has 1 heterocycles. The molecule has 0 amide bonds. The summed E-state index contributed by atoms with van der Waals surface area (Å²) in [5, 5.41) is 0. The summed E-state index contributed by atoms with van der Waals surface area (Å²) in [4.78, 5) is 2.60. The van der Waals surface area contributed by atoms with Gasteiger partial charge in [-0.25, -0.2) is 4.39 Å². The van der Waals surface area contributed by atoms with E-state index in [1.54, 1.807) is 12.1 Å². The van der Waals surface area contributed by atoms with Crippen LogP contribution in [0.4, 0.5) is 4.39 Å². The molecule has 0 aliphatic carbocycles. The topological polar surface area (TPSA) is 29.3 Å². The lowest BCUT2D eigenvalue weighted by molar-refractivity contribution is 0.0316. The van der Waals surface area contributed by atoms with Crippen LogP contribution in [0.3, 0.4) is 0 Å². The first-order valence-corrected chi connectivity index (χ1v) is 7.80. The van der Waals surface area contributed by atoms with E-state index in [2.05, 4.69) is 18.7 Å². The summed E-state index contributed by atoms with van der Waals surface area (Å²) >= 11 is 0. The van der Waals surface area contributed by atoms with Crippen molar-refractivity contribution >= 4 is 0 Å². The molecule has 2 nitrogen and oxygen atoms in total. The van der Waals surface area contributed by atoms with Gasteiger partial charge in [-0.2, -0.15) is 0 Å². The van der Waals surface area contributed by atoms with Crippen molar-refractivity contribution in [2.75, 3.05) is 13.1 Å². The number of hydrogen-bond donors (Lipinski definition) is 1. The number of nitrogens with zero attached hydrogens (tertiary/aromatic N) is 1. The number of likely N-dealkylation sites (tertiary alicyclic amines) is 1. The average Bonchev–Trinajstić information content (AvgIpc) is 2.49. The third kappa shape index (κ3) is 3.39. The molecule has 1 aliphatic rings. The van der Waals surface area contributed by atoms with Gasteiger partial charge in [0.15, 0.2) is 0 Å². The van der Waals surface area contributed by atoms with Crippen molar-refractivity contribution in [3.05, 3.63) is 35.6 Å². The molecule has 2 atom stereocenters. The van der Waals surface area contributed by atoms with E-state index in [9.17, 15) is 4.39 Å². The maximum absolute atomic E-state index is 13.0. The number of hydrogen-bond acceptors (Lipinski definition) is 2. The van der Waals surface area contributed by atoms with E-state index in [0.717, 1.165) is 13.0 Å². The van der Waals surface area contributed by atoms with Crippen LogP contribution >= 0.6 is 0 Å². The van der Waals surface area contributed by atoms with Gasteiger partial charge >= 0.3 is 0 Å². The molecule has 3 heteroatoms. The molecular formula is C17H27FN2. The monoisotopic (exact) mass is 278 g/mol. The molecule has 1 aromatic rings. The first-order chi connectivity index (χ1) is 9.59. The Bertz CT molecular complexity index is 418. The molecule has 0 aromatic heterocycles. The second-order valence-corrected chi connectivity index (χ2v) is 6.26. The van der Waals surface area contributed by atoms with Crippen LogP contribution in [0.1, 0.15) is 45.1 Å². The van der Waals surface area contributed by atoms with Crippen LogP contribution in [0, 0.1) is 5.82 Å². The summed E-state index contributed by atoms with van der Waals surface area (Å²) in [6.45, 7) is 6.29. The molecule has 20 heavy (non-hydrogen) atoms. The standard InChI is InChI=1S/C17H27FN2/c1-3-16-6-4-5-11-20(16)17(2,13-19)12-14-7-9-15(18)10-8-14/h7-10,16H,3-6,11-13,19H2,1-2H3. The fourth-order valence-corrected chi connectivity index (χ4v) is 3.47. The predicted octanol–water partition coefficient (Wildman–Crippen LogP) is 3.35. The van der Waals surface area contributed by atoms with Crippen molar-refractivity contribution < 1.29 is 4.39 Å². The Kier molecular flexibility index (Phi) is 5.17. The molecule has 0 bridgehead atoms. The Balaban J connectivity index is 2.16. The molecule has 0 radical (unpaired) electrons. The van der Waals surface area contributed by atoms with E-state index in [-0.39, 0.29) is 11.4 Å². The minimum Gasteiger partial charge on any atom is -0.329 e. The molecular weight excluding hydrogens is 251 g/mol. The Labute approximate surface area is 122 Å². The number of piperidine rings is 1. The van der Waals surface area contributed by atoms with Gasteiger partial charge in [-0.1, -0.05) is 25.5 Å². The molecule has 0 spiro atoms. The normalized spacial score (nSPS) is 23.5. The van der Waals surface area contributed by atoms with E-state index < -0.39 is 0 Å². The fraction of sp³-hybridized carbons (Fsp3) is 0.647. The first-order valence-electron chi connectivity index (χ1n) is 7.80. The van der Waals surface area contributed by atoms with E-state index in [1.807, 2.05) is 12.1 Å². The van der Waals surface area contributed by atoms with Crippen LogP contribution in [0.15, 0.2) is 24.3 Å². The van der Waals surface area contributed by atoms with Crippen LogP contribution in [0.5, 0.6) is 0 Å². The van der Waals surface area contributed by atoms with Crippen molar-refractivity contribution in [1.29, 1.82) is 0 Å². The Morgan fingerprint density at radius 2 is 2.00 bits per heavy atom. The Morgan fingerprint density at radius 1 is 1.30 bits per heavy atom. The first kappa shape index (κ1) is 15.5. The van der Waals surface area contributed by atoms with E-state index in [4.69, 9.17) is 5.73 Å². The summed E-state index contributed by atoms with van der Waals surface area (Å²) in [6, 6.07) is 7.49. The third-order valence-corrected chi connectivity index (χ3v) is 4.73. The molecule has 2 N–H and O–H groups in total. The van der Waals surface area contributed by atoms with Crippen molar-refractivity contribution in [2.45, 2.75) is 57.5 Å². The van der Waals surface area contributed by atoms with Crippen molar-refractivity contribution in [1.82, 2.24) is 4.90 Å². The highest BCUT2D eigenvalue weighted by Gasteiger charge is 2.36. The van der Waals surface area contributed by atoms with Gasteiger partial charge in [-0.15, -0.1) is 0 Å². The zero-order valence-electron chi connectivity index (χ0n) is 12.7. The zero-order valence-corrected chi connectivity index (χ0v) is 12.7. The summed E-state index contributed by atoms with van der Waals surface area (Å²) < 4.78 is 13.0. The second-order valence-electron chi connectivity index (χ2n) is 6.26. The SMILES string of the molecule is CCC1CCCCN1C(C)(CN)Cc1ccc(F)cc1. The van der Waals surface area contributed by atoms with Gasteiger partial charge in [0.25, 0.3) is 0 Å². The number of benzene rings is 1. The third-order valence-electron chi connectivity index (χ3n) is 4.73. The van der Waals surface area contributed by atoms with Gasteiger partial charge in [-0.05, 0) is 56.8 Å². The molecule has 112 valence electrons. The lowest BCUT2D eigenvalue weighted by Crippen LogP contribution is -2.58. The lowest BCUT2D eigenvalue weighted by Gasteiger charge is -2.48. The molecule has 0 saturated carbocycles. The van der Waals surface area contributed by atoms with Crippen LogP contribution in [0.2, 0.25) is 0 Å². The quantitative estimate of drug-likeness (QED) is 0.895. The zero-order chi connectivity index (χ0) is 14.6. The summed E-state index contributed by atoms with van der Waals surface area (Å²) in [5.74, 6) is -0.174.